The van der Waals surface area contributed by atoms with Gasteiger partial charge in [0.05, 0.1) is 0 Å². The first kappa shape index (κ1) is 14.8. The van der Waals surface area contributed by atoms with Crippen LogP contribution < -0.4 is 10.1 Å². The van der Waals surface area contributed by atoms with E-state index in [4.69, 9.17) is 9.47 Å². The second-order valence-corrected chi connectivity index (χ2v) is 6.20. The first-order chi connectivity index (χ1) is 11.7. The topological polar surface area (TPSA) is 64.6 Å². The summed E-state index contributed by atoms with van der Waals surface area (Å²) < 4.78 is 11.2. The molecule has 4 rings (SSSR count). The maximum Gasteiger partial charge on any atom is 0.329 e. The van der Waals surface area contributed by atoms with Crippen molar-refractivity contribution in [2.24, 2.45) is 0 Å². The molecule has 2 heterocycles. The molecule has 0 unspecified atom stereocenters. The highest BCUT2D eigenvalue weighted by Crippen LogP contribution is 2.40. The van der Waals surface area contributed by atoms with Crippen LogP contribution in [-0.4, -0.2) is 23.5 Å². The second kappa shape index (κ2) is 5.67. The molecule has 5 heteroatoms. The number of benzene rings is 2. The molecule has 0 aromatic heterocycles. The maximum atomic E-state index is 12.4. The lowest BCUT2D eigenvalue weighted by molar-refractivity contribution is -0.147. The van der Waals surface area contributed by atoms with Gasteiger partial charge in [0.15, 0.2) is 5.60 Å². The highest BCUT2D eigenvalue weighted by Gasteiger charge is 2.54. The molecule has 24 heavy (non-hydrogen) atoms. The molecule has 1 amide bonds. The molecule has 1 N–H and O–H groups in total. The average Bonchev–Trinajstić information content (AvgIpc) is 3.14. The standard InChI is InChI=1S/C19H17NO4/c21-17(23-12-13-6-2-1-3-7-13)15-11-19(18(22)20-15)10-14-8-4-5-9-16(14)24-19/h1-9,15H,10-12H2,(H,20,22)/t15-,19+/m0/s1. The molecule has 122 valence electrons. The Morgan fingerprint density at radius 3 is 2.71 bits per heavy atom. The molecule has 2 aliphatic rings. The molecule has 0 bridgehead atoms. The number of esters is 1. The van der Waals surface area contributed by atoms with Crippen molar-refractivity contribution in [3.63, 3.8) is 0 Å². The Labute approximate surface area is 139 Å². The molecule has 0 saturated carbocycles. The van der Waals surface area contributed by atoms with Gasteiger partial charge in [-0.15, -0.1) is 0 Å². The van der Waals surface area contributed by atoms with Crippen LogP contribution in [0.25, 0.3) is 0 Å². The fourth-order valence-corrected chi connectivity index (χ4v) is 3.28. The fourth-order valence-electron chi connectivity index (χ4n) is 3.28. The molecule has 2 atom stereocenters. The summed E-state index contributed by atoms with van der Waals surface area (Å²) in [5.41, 5.74) is 0.917. The number of fused-ring (bicyclic) bond motifs is 1. The van der Waals surface area contributed by atoms with Crippen LogP contribution in [0, 0.1) is 0 Å². The zero-order valence-corrected chi connectivity index (χ0v) is 13.0. The lowest BCUT2D eigenvalue weighted by Gasteiger charge is -2.19. The minimum atomic E-state index is -0.986. The normalized spacial score (nSPS) is 24.3. The van der Waals surface area contributed by atoms with Crippen LogP contribution in [0.2, 0.25) is 0 Å². The molecule has 0 aliphatic carbocycles. The lowest BCUT2D eigenvalue weighted by atomic mass is 9.93. The van der Waals surface area contributed by atoms with E-state index in [1.54, 1.807) is 0 Å². The first-order valence-electron chi connectivity index (χ1n) is 7.95. The highest BCUT2D eigenvalue weighted by molar-refractivity contribution is 5.95. The maximum absolute atomic E-state index is 12.4. The van der Waals surface area contributed by atoms with Gasteiger partial charge < -0.3 is 14.8 Å². The number of hydrogen-bond donors (Lipinski definition) is 1. The Morgan fingerprint density at radius 1 is 1.17 bits per heavy atom. The third kappa shape index (κ3) is 2.52. The summed E-state index contributed by atoms with van der Waals surface area (Å²) >= 11 is 0. The summed E-state index contributed by atoms with van der Waals surface area (Å²) in [4.78, 5) is 24.7. The number of ether oxygens (including phenoxy) is 2. The van der Waals surface area contributed by atoms with Gasteiger partial charge in [0, 0.05) is 12.8 Å². The highest BCUT2D eigenvalue weighted by atomic mass is 16.5. The summed E-state index contributed by atoms with van der Waals surface area (Å²) in [6.45, 7) is 0.195. The van der Waals surface area contributed by atoms with Crippen molar-refractivity contribution < 1.29 is 19.1 Å². The zero-order chi connectivity index (χ0) is 16.6. The molecule has 5 nitrogen and oxygen atoms in total. The average molecular weight is 323 g/mol. The van der Waals surface area contributed by atoms with Gasteiger partial charge in [-0.05, 0) is 17.2 Å². The van der Waals surface area contributed by atoms with E-state index in [0.717, 1.165) is 11.1 Å². The Kier molecular flexibility index (Phi) is 3.49. The fraction of sp³-hybridized carbons (Fsp3) is 0.263. The van der Waals surface area contributed by atoms with Crippen molar-refractivity contribution in [1.29, 1.82) is 0 Å². The van der Waals surface area contributed by atoms with Crippen molar-refractivity contribution in [2.75, 3.05) is 0 Å². The van der Waals surface area contributed by atoms with Crippen molar-refractivity contribution in [3.05, 3.63) is 65.7 Å². The minimum absolute atomic E-state index is 0.195. The van der Waals surface area contributed by atoms with E-state index in [1.807, 2.05) is 54.6 Å². The minimum Gasteiger partial charge on any atom is -0.477 e. The summed E-state index contributed by atoms with van der Waals surface area (Å²) in [6, 6.07) is 16.4. The van der Waals surface area contributed by atoms with Crippen LogP contribution in [0.4, 0.5) is 0 Å². The van der Waals surface area contributed by atoms with Gasteiger partial charge in [-0.25, -0.2) is 4.79 Å². The van der Waals surface area contributed by atoms with E-state index in [2.05, 4.69) is 5.32 Å². The Bertz CT molecular complexity index is 762. The van der Waals surface area contributed by atoms with Crippen molar-refractivity contribution in [3.8, 4) is 5.75 Å². The monoisotopic (exact) mass is 323 g/mol. The van der Waals surface area contributed by atoms with Gasteiger partial charge in [0.1, 0.15) is 18.4 Å². The van der Waals surface area contributed by atoms with Crippen LogP contribution in [0.5, 0.6) is 5.75 Å². The number of carbonyl (C=O) groups is 2. The third-order valence-electron chi connectivity index (χ3n) is 4.52. The molecular weight excluding hydrogens is 306 g/mol. The van der Waals surface area contributed by atoms with Crippen molar-refractivity contribution >= 4 is 11.9 Å². The summed E-state index contributed by atoms with van der Waals surface area (Å²) in [7, 11) is 0. The van der Waals surface area contributed by atoms with Crippen molar-refractivity contribution in [1.82, 2.24) is 5.32 Å². The van der Waals surface area contributed by atoms with Crippen LogP contribution in [0.1, 0.15) is 17.5 Å². The zero-order valence-electron chi connectivity index (χ0n) is 13.0. The first-order valence-corrected chi connectivity index (χ1v) is 7.95. The Morgan fingerprint density at radius 2 is 1.92 bits per heavy atom. The van der Waals surface area contributed by atoms with Crippen LogP contribution in [0.3, 0.4) is 0 Å². The van der Waals surface area contributed by atoms with Crippen LogP contribution >= 0.6 is 0 Å². The quantitative estimate of drug-likeness (QED) is 0.878. The van der Waals surface area contributed by atoms with Gasteiger partial charge in [0.2, 0.25) is 0 Å². The lowest BCUT2D eigenvalue weighted by Crippen LogP contribution is -2.42. The van der Waals surface area contributed by atoms with Gasteiger partial charge in [0.25, 0.3) is 5.91 Å². The summed E-state index contributed by atoms with van der Waals surface area (Å²) in [5, 5.41) is 2.72. The molecule has 2 aromatic rings. The van der Waals surface area contributed by atoms with E-state index in [1.165, 1.54) is 0 Å². The van der Waals surface area contributed by atoms with E-state index in [-0.39, 0.29) is 18.9 Å². The smallest absolute Gasteiger partial charge is 0.329 e. The van der Waals surface area contributed by atoms with E-state index < -0.39 is 17.6 Å². The van der Waals surface area contributed by atoms with E-state index in [0.29, 0.717) is 12.2 Å². The summed E-state index contributed by atoms with van der Waals surface area (Å²) in [5.74, 6) is 0.0370. The molecule has 1 spiro atoms. The molecule has 2 aliphatic heterocycles. The van der Waals surface area contributed by atoms with Gasteiger partial charge >= 0.3 is 5.97 Å². The number of amides is 1. The number of para-hydroxylation sites is 1. The number of nitrogens with one attached hydrogen (secondary N) is 1. The van der Waals surface area contributed by atoms with E-state index >= 15 is 0 Å². The van der Waals surface area contributed by atoms with Gasteiger partial charge in [-0.3, -0.25) is 4.79 Å². The van der Waals surface area contributed by atoms with E-state index in [9.17, 15) is 9.59 Å². The van der Waals surface area contributed by atoms with Crippen molar-refractivity contribution in [2.45, 2.75) is 31.1 Å². The molecular formula is C19H17NO4. The summed E-state index contributed by atoms with van der Waals surface area (Å²) in [6.07, 6.45) is 0.769. The number of carbonyl (C=O) groups excluding carboxylic acids is 2. The van der Waals surface area contributed by atoms with Crippen LogP contribution in [0.15, 0.2) is 54.6 Å². The van der Waals surface area contributed by atoms with Gasteiger partial charge in [-0.2, -0.15) is 0 Å². The third-order valence-corrected chi connectivity index (χ3v) is 4.52. The predicted molar refractivity (Wildman–Crippen MR) is 86.3 cm³/mol. The van der Waals surface area contributed by atoms with Crippen LogP contribution in [-0.2, 0) is 27.4 Å². The molecule has 2 aromatic carbocycles. The number of rotatable bonds is 3. The molecule has 0 radical (unpaired) electrons. The molecule has 1 fully saturated rings. The Hall–Kier alpha value is -2.82. The number of hydrogen-bond acceptors (Lipinski definition) is 4. The second-order valence-electron chi connectivity index (χ2n) is 6.20. The predicted octanol–water partition coefficient (Wildman–Crippen LogP) is 1.99. The largest absolute Gasteiger partial charge is 0.477 e. The molecule has 1 saturated heterocycles. The SMILES string of the molecule is O=C(OCc1ccccc1)[C@@H]1C[C@]2(Cc3ccccc3O2)C(=O)N1. The van der Waals surface area contributed by atoms with Gasteiger partial charge in [-0.1, -0.05) is 48.5 Å². The Balaban J connectivity index is 1.42.